The highest BCUT2D eigenvalue weighted by Crippen LogP contribution is 2.32. The van der Waals surface area contributed by atoms with Gasteiger partial charge in [0, 0.05) is 19.2 Å². The van der Waals surface area contributed by atoms with Gasteiger partial charge in [-0.15, -0.1) is 0 Å². The number of imidazole rings is 1. The van der Waals surface area contributed by atoms with Crippen LogP contribution in [0.2, 0.25) is 0 Å². The Labute approximate surface area is 190 Å². The van der Waals surface area contributed by atoms with Crippen molar-refractivity contribution >= 4 is 22.8 Å². The number of carbonyl (C=O) groups is 2. The Bertz CT molecular complexity index is 985. The molecule has 0 radical (unpaired) electrons. The van der Waals surface area contributed by atoms with Crippen molar-refractivity contribution in [1.29, 1.82) is 0 Å². The van der Waals surface area contributed by atoms with Crippen molar-refractivity contribution in [1.82, 2.24) is 19.8 Å². The summed E-state index contributed by atoms with van der Waals surface area (Å²) in [6.07, 6.45) is 5.30. The Hall–Kier alpha value is -2.41. The van der Waals surface area contributed by atoms with E-state index in [2.05, 4.69) is 17.2 Å². The van der Waals surface area contributed by atoms with Crippen molar-refractivity contribution in [2.24, 2.45) is 5.92 Å². The maximum absolute atomic E-state index is 13.7. The highest BCUT2D eigenvalue weighted by Gasteiger charge is 2.48. The molecule has 4 rings (SSSR count). The van der Waals surface area contributed by atoms with Crippen molar-refractivity contribution < 1.29 is 14.3 Å². The van der Waals surface area contributed by atoms with Crippen LogP contribution in [0.15, 0.2) is 24.3 Å². The summed E-state index contributed by atoms with van der Waals surface area (Å²) in [5.74, 6) is 0.601. The van der Waals surface area contributed by atoms with Gasteiger partial charge < -0.3 is 19.5 Å². The second-order valence-corrected chi connectivity index (χ2v) is 9.86. The third kappa shape index (κ3) is 4.27. The number of nitrogens with one attached hydrogen (secondary N) is 1. The van der Waals surface area contributed by atoms with E-state index < -0.39 is 5.54 Å². The highest BCUT2D eigenvalue weighted by atomic mass is 16.5. The first-order valence-electron chi connectivity index (χ1n) is 12.0. The molecule has 0 bridgehead atoms. The minimum atomic E-state index is -0.984. The van der Waals surface area contributed by atoms with Crippen molar-refractivity contribution in [2.75, 3.05) is 13.2 Å². The molecule has 1 N–H and O–H groups in total. The maximum Gasteiger partial charge on any atom is 0.290 e. The van der Waals surface area contributed by atoms with E-state index in [0.717, 1.165) is 30.3 Å². The van der Waals surface area contributed by atoms with E-state index >= 15 is 0 Å². The number of hydrogen-bond donors (Lipinski definition) is 1. The molecule has 1 aliphatic heterocycles. The molecule has 32 heavy (non-hydrogen) atoms. The van der Waals surface area contributed by atoms with Gasteiger partial charge in [-0.25, -0.2) is 4.98 Å². The third-order valence-electron chi connectivity index (χ3n) is 7.05. The predicted molar refractivity (Wildman–Crippen MR) is 124 cm³/mol. The molecule has 2 aromatic rings. The summed E-state index contributed by atoms with van der Waals surface area (Å²) in [4.78, 5) is 33.7. The Morgan fingerprint density at radius 1 is 1.28 bits per heavy atom. The molecule has 1 fully saturated rings. The van der Waals surface area contributed by atoms with Crippen LogP contribution in [0, 0.1) is 5.92 Å². The van der Waals surface area contributed by atoms with E-state index in [1.807, 2.05) is 49.6 Å². The molecular formula is C25H36N4O3. The Kier molecular flexibility index (Phi) is 6.56. The summed E-state index contributed by atoms with van der Waals surface area (Å²) < 4.78 is 7.61. The molecule has 2 amide bonds. The number of hydrogen-bond acceptors (Lipinski definition) is 4. The Morgan fingerprint density at radius 3 is 2.78 bits per heavy atom. The fraction of sp³-hybridized carbons (Fsp3) is 0.640. The molecule has 2 aliphatic rings. The zero-order valence-electron chi connectivity index (χ0n) is 19.8. The van der Waals surface area contributed by atoms with Crippen LogP contribution in [0.25, 0.3) is 11.0 Å². The molecule has 0 saturated heterocycles. The lowest BCUT2D eigenvalue weighted by Gasteiger charge is -2.44. The van der Waals surface area contributed by atoms with Crippen LogP contribution >= 0.6 is 0 Å². The SMILES string of the molecule is CC(C)OCCCN1C(=O)c2nc3ccccc3n2CC1(C)C(=O)NC1CCCCC1C. The number of rotatable bonds is 7. The summed E-state index contributed by atoms with van der Waals surface area (Å²) in [6.45, 7) is 9.50. The molecule has 1 aromatic heterocycles. The first-order valence-corrected chi connectivity index (χ1v) is 12.0. The third-order valence-corrected chi connectivity index (χ3v) is 7.05. The number of fused-ring (bicyclic) bond motifs is 3. The summed E-state index contributed by atoms with van der Waals surface area (Å²) in [5.41, 5.74) is 0.691. The molecule has 174 valence electrons. The first kappa shape index (κ1) is 22.8. The summed E-state index contributed by atoms with van der Waals surface area (Å²) in [7, 11) is 0. The van der Waals surface area contributed by atoms with Gasteiger partial charge in [0.2, 0.25) is 5.91 Å². The van der Waals surface area contributed by atoms with Crippen LogP contribution in [0.4, 0.5) is 0 Å². The van der Waals surface area contributed by atoms with Gasteiger partial charge in [0.05, 0.1) is 23.7 Å². The summed E-state index contributed by atoms with van der Waals surface area (Å²) in [5, 5.41) is 3.31. The van der Waals surface area contributed by atoms with Gasteiger partial charge in [-0.05, 0) is 58.1 Å². The van der Waals surface area contributed by atoms with E-state index in [4.69, 9.17) is 4.74 Å². The van der Waals surface area contributed by atoms with Crippen molar-refractivity contribution in [3.8, 4) is 0 Å². The molecule has 7 nitrogen and oxygen atoms in total. The molecule has 3 unspecified atom stereocenters. The lowest BCUT2D eigenvalue weighted by molar-refractivity contribution is -0.134. The zero-order valence-corrected chi connectivity index (χ0v) is 19.8. The van der Waals surface area contributed by atoms with Crippen molar-refractivity contribution in [3.63, 3.8) is 0 Å². The minimum Gasteiger partial charge on any atom is -0.379 e. The van der Waals surface area contributed by atoms with Crippen LogP contribution in [0.1, 0.15) is 70.4 Å². The summed E-state index contributed by atoms with van der Waals surface area (Å²) >= 11 is 0. The number of ether oxygens (including phenoxy) is 1. The number of carbonyl (C=O) groups excluding carboxylic acids is 2. The number of para-hydroxylation sites is 2. The van der Waals surface area contributed by atoms with Gasteiger partial charge in [-0.2, -0.15) is 0 Å². The fourth-order valence-electron chi connectivity index (χ4n) is 5.08. The lowest BCUT2D eigenvalue weighted by Crippen LogP contribution is -2.65. The topological polar surface area (TPSA) is 76.5 Å². The quantitative estimate of drug-likeness (QED) is 0.665. The van der Waals surface area contributed by atoms with Gasteiger partial charge in [0.25, 0.3) is 5.91 Å². The second kappa shape index (κ2) is 9.22. The van der Waals surface area contributed by atoms with Crippen LogP contribution < -0.4 is 5.32 Å². The van der Waals surface area contributed by atoms with E-state index in [1.165, 1.54) is 6.42 Å². The molecule has 3 atom stereocenters. The van der Waals surface area contributed by atoms with E-state index in [0.29, 0.717) is 37.9 Å². The number of nitrogens with zero attached hydrogens (tertiary/aromatic N) is 3. The molecule has 7 heteroatoms. The zero-order chi connectivity index (χ0) is 22.9. The van der Waals surface area contributed by atoms with Crippen molar-refractivity contribution in [2.45, 2.75) is 84.0 Å². The standard InChI is InChI=1S/C25H36N4O3/c1-17(2)32-15-9-14-29-23(30)22-26-20-12-7-8-13-21(20)28(22)16-25(29,4)24(31)27-19-11-6-5-10-18(19)3/h7-8,12-13,17-19H,5-6,9-11,14-16H2,1-4H3,(H,27,31). The lowest BCUT2D eigenvalue weighted by atomic mass is 9.85. The number of benzene rings is 1. The highest BCUT2D eigenvalue weighted by molar-refractivity contribution is 6.01. The second-order valence-electron chi connectivity index (χ2n) is 9.86. The molecule has 1 aromatic carbocycles. The van der Waals surface area contributed by atoms with E-state index in [9.17, 15) is 9.59 Å². The van der Waals surface area contributed by atoms with Gasteiger partial charge >= 0.3 is 0 Å². The average molecular weight is 441 g/mol. The Morgan fingerprint density at radius 2 is 2.03 bits per heavy atom. The molecule has 2 heterocycles. The molecule has 1 aliphatic carbocycles. The largest absolute Gasteiger partial charge is 0.379 e. The number of aromatic nitrogens is 2. The van der Waals surface area contributed by atoms with E-state index in [-0.39, 0.29) is 24.0 Å². The van der Waals surface area contributed by atoms with Gasteiger partial charge in [-0.3, -0.25) is 9.59 Å². The van der Waals surface area contributed by atoms with Crippen LogP contribution in [0.5, 0.6) is 0 Å². The fourth-order valence-corrected chi connectivity index (χ4v) is 5.08. The Balaban J connectivity index is 1.64. The number of amides is 2. The van der Waals surface area contributed by atoms with E-state index in [1.54, 1.807) is 4.90 Å². The maximum atomic E-state index is 13.7. The van der Waals surface area contributed by atoms with Gasteiger partial charge in [-0.1, -0.05) is 31.9 Å². The van der Waals surface area contributed by atoms with Gasteiger partial charge in [0.15, 0.2) is 5.82 Å². The molecule has 0 spiro atoms. The van der Waals surface area contributed by atoms with Crippen LogP contribution in [-0.2, 0) is 16.1 Å². The average Bonchev–Trinajstić information content (AvgIpc) is 3.13. The molecular weight excluding hydrogens is 404 g/mol. The normalized spacial score (nSPS) is 25.9. The summed E-state index contributed by atoms with van der Waals surface area (Å²) in [6, 6.07) is 7.90. The van der Waals surface area contributed by atoms with Crippen LogP contribution in [-0.4, -0.2) is 57.1 Å². The van der Waals surface area contributed by atoms with Crippen LogP contribution in [0.3, 0.4) is 0 Å². The molecule has 1 saturated carbocycles. The predicted octanol–water partition coefficient (Wildman–Crippen LogP) is 3.76. The first-order chi connectivity index (χ1) is 15.3. The monoisotopic (exact) mass is 440 g/mol. The smallest absolute Gasteiger partial charge is 0.290 e. The van der Waals surface area contributed by atoms with Gasteiger partial charge in [0.1, 0.15) is 5.54 Å². The van der Waals surface area contributed by atoms with Crippen molar-refractivity contribution in [3.05, 3.63) is 30.1 Å². The minimum absolute atomic E-state index is 0.0715.